The molecule has 1 aliphatic heterocycles. The van der Waals surface area contributed by atoms with Crippen molar-refractivity contribution in [2.75, 3.05) is 6.61 Å². The number of benzene rings is 1. The Balaban J connectivity index is 1.92. The summed E-state index contributed by atoms with van der Waals surface area (Å²) in [5, 5.41) is 32.1. The van der Waals surface area contributed by atoms with Crippen molar-refractivity contribution in [3.63, 3.8) is 0 Å². The Labute approximate surface area is 136 Å². The molecule has 128 valence electrons. The van der Waals surface area contributed by atoms with Crippen molar-refractivity contribution in [2.24, 2.45) is 0 Å². The number of aliphatic hydroxyl groups excluding tert-OH is 3. The van der Waals surface area contributed by atoms with Crippen molar-refractivity contribution < 1.29 is 24.9 Å². The molecule has 1 aromatic rings. The second-order valence-electron chi connectivity index (χ2n) is 5.86. The second-order valence-corrected chi connectivity index (χ2v) is 5.86. The zero-order valence-electron chi connectivity index (χ0n) is 13.3. The van der Waals surface area contributed by atoms with Gasteiger partial charge in [-0.25, -0.2) is 0 Å². The second kappa shape index (κ2) is 8.40. The van der Waals surface area contributed by atoms with Crippen LogP contribution in [0.2, 0.25) is 0 Å². The Morgan fingerprint density at radius 1 is 1.17 bits per heavy atom. The predicted octanol–water partition coefficient (Wildman–Crippen LogP) is -0.00450. The highest BCUT2D eigenvalue weighted by Gasteiger charge is 2.43. The summed E-state index contributed by atoms with van der Waals surface area (Å²) in [7, 11) is 0. The molecule has 0 saturated carbocycles. The molecule has 0 spiro atoms. The summed E-state index contributed by atoms with van der Waals surface area (Å²) in [6, 6.07) is 8.99. The van der Waals surface area contributed by atoms with Crippen LogP contribution in [0.3, 0.4) is 0 Å². The average molecular weight is 323 g/mol. The molecule has 1 amide bonds. The lowest BCUT2D eigenvalue weighted by Gasteiger charge is -2.42. The van der Waals surface area contributed by atoms with Gasteiger partial charge in [-0.2, -0.15) is 0 Å². The third-order valence-electron chi connectivity index (χ3n) is 4.24. The van der Waals surface area contributed by atoms with E-state index in [0.29, 0.717) is 19.3 Å². The number of rotatable bonds is 6. The van der Waals surface area contributed by atoms with E-state index in [0.717, 1.165) is 5.56 Å². The quantitative estimate of drug-likeness (QED) is 0.590. The highest BCUT2D eigenvalue weighted by Crippen LogP contribution is 2.23. The van der Waals surface area contributed by atoms with Gasteiger partial charge in [-0.05, 0) is 18.4 Å². The Bertz CT molecular complexity index is 493. The highest BCUT2D eigenvalue weighted by molar-refractivity contribution is 5.76. The molecular weight excluding hydrogens is 298 g/mol. The first-order chi connectivity index (χ1) is 11.1. The van der Waals surface area contributed by atoms with Gasteiger partial charge in [-0.15, -0.1) is 0 Å². The van der Waals surface area contributed by atoms with Crippen molar-refractivity contribution >= 4 is 5.91 Å². The summed E-state index contributed by atoms with van der Waals surface area (Å²) >= 11 is 0. The van der Waals surface area contributed by atoms with Crippen molar-refractivity contribution in [2.45, 2.75) is 56.6 Å². The van der Waals surface area contributed by atoms with E-state index in [4.69, 9.17) is 4.74 Å². The SMILES string of the molecule is CC[C@@H]1OC(CO)[C@@H](O)C(O)C1NC(=O)CCc1ccccc1. The molecule has 5 atom stereocenters. The fourth-order valence-corrected chi connectivity index (χ4v) is 2.88. The van der Waals surface area contributed by atoms with Crippen molar-refractivity contribution in [3.05, 3.63) is 35.9 Å². The number of hydrogen-bond donors (Lipinski definition) is 4. The third kappa shape index (κ3) is 4.51. The summed E-state index contributed by atoms with van der Waals surface area (Å²) < 4.78 is 5.57. The van der Waals surface area contributed by atoms with Gasteiger partial charge >= 0.3 is 0 Å². The lowest BCUT2D eigenvalue weighted by molar-refractivity contribution is -0.195. The largest absolute Gasteiger partial charge is 0.394 e. The molecule has 4 N–H and O–H groups in total. The number of aliphatic hydroxyl groups is 3. The molecule has 6 nitrogen and oxygen atoms in total. The van der Waals surface area contributed by atoms with Crippen LogP contribution in [0.5, 0.6) is 0 Å². The van der Waals surface area contributed by atoms with Crippen LogP contribution in [0.4, 0.5) is 0 Å². The van der Waals surface area contributed by atoms with Crippen LogP contribution in [0.15, 0.2) is 30.3 Å². The fraction of sp³-hybridized carbons (Fsp3) is 0.588. The van der Waals surface area contributed by atoms with Crippen molar-refractivity contribution in [1.82, 2.24) is 5.32 Å². The topological polar surface area (TPSA) is 99.0 Å². The Morgan fingerprint density at radius 3 is 2.48 bits per heavy atom. The van der Waals surface area contributed by atoms with Crippen molar-refractivity contribution in [3.8, 4) is 0 Å². The number of amides is 1. The van der Waals surface area contributed by atoms with Gasteiger partial charge in [0.1, 0.15) is 18.3 Å². The van der Waals surface area contributed by atoms with Gasteiger partial charge in [0.25, 0.3) is 0 Å². The number of ether oxygens (including phenoxy) is 1. The molecule has 6 heteroatoms. The molecule has 1 aromatic carbocycles. The molecule has 0 aromatic heterocycles. The van der Waals surface area contributed by atoms with Gasteiger partial charge in [-0.1, -0.05) is 37.3 Å². The summed E-state index contributed by atoms with van der Waals surface area (Å²) in [5.74, 6) is -0.199. The highest BCUT2D eigenvalue weighted by atomic mass is 16.5. The maximum absolute atomic E-state index is 12.1. The standard InChI is InChI=1S/C17H25NO5/c1-2-12-15(17(22)16(21)13(10-19)23-12)18-14(20)9-8-11-6-4-3-5-7-11/h3-7,12-13,15-17,19,21-22H,2,8-10H2,1H3,(H,18,20)/t12-,13?,15?,16+,17?/m0/s1. The summed E-state index contributed by atoms with van der Waals surface area (Å²) in [6.45, 7) is 1.50. The van der Waals surface area contributed by atoms with E-state index in [1.54, 1.807) is 0 Å². The van der Waals surface area contributed by atoms with Crippen LogP contribution in [0, 0.1) is 0 Å². The minimum Gasteiger partial charge on any atom is -0.394 e. The number of carbonyl (C=O) groups excluding carboxylic acids is 1. The van der Waals surface area contributed by atoms with Crippen LogP contribution in [-0.4, -0.2) is 58.3 Å². The Hall–Kier alpha value is -1.47. The van der Waals surface area contributed by atoms with E-state index in [2.05, 4.69) is 5.32 Å². The zero-order chi connectivity index (χ0) is 16.8. The van der Waals surface area contributed by atoms with Gasteiger partial charge in [0.2, 0.25) is 5.91 Å². The lowest BCUT2D eigenvalue weighted by atomic mass is 9.91. The Kier molecular flexibility index (Phi) is 6.53. The van der Waals surface area contributed by atoms with Crippen molar-refractivity contribution in [1.29, 1.82) is 0 Å². The number of nitrogens with one attached hydrogen (secondary N) is 1. The number of aryl methyl sites for hydroxylation is 1. The monoisotopic (exact) mass is 323 g/mol. The van der Waals surface area contributed by atoms with Gasteiger partial charge in [0.05, 0.1) is 18.8 Å². The molecule has 1 aliphatic rings. The van der Waals surface area contributed by atoms with E-state index < -0.39 is 30.5 Å². The predicted molar refractivity (Wildman–Crippen MR) is 84.7 cm³/mol. The van der Waals surface area contributed by atoms with Crippen LogP contribution >= 0.6 is 0 Å². The lowest BCUT2D eigenvalue weighted by Crippen LogP contribution is -2.64. The maximum atomic E-state index is 12.1. The molecule has 23 heavy (non-hydrogen) atoms. The van der Waals surface area contributed by atoms with E-state index in [-0.39, 0.29) is 12.5 Å². The molecular formula is C17H25NO5. The molecule has 1 saturated heterocycles. The summed E-state index contributed by atoms with van der Waals surface area (Å²) in [5.41, 5.74) is 1.07. The first-order valence-corrected chi connectivity index (χ1v) is 8.02. The van der Waals surface area contributed by atoms with E-state index in [1.807, 2.05) is 37.3 Å². The van der Waals surface area contributed by atoms with E-state index >= 15 is 0 Å². The van der Waals surface area contributed by atoms with E-state index in [1.165, 1.54) is 0 Å². The van der Waals surface area contributed by atoms with Crippen LogP contribution in [-0.2, 0) is 16.0 Å². The van der Waals surface area contributed by atoms with E-state index in [9.17, 15) is 20.1 Å². The first kappa shape index (κ1) is 17.9. The van der Waals surface area contributed by atoms with Crippen LogP contribution < -0.4 is 5.32 Å². The van der Waals surface area contributed by atoms with Gasteiger partial charge in [0, 0.05) is 6.42 Å². The van der Waals surface area contributed by atoms with Gasteiger partial charge in [0.15, 0.2) is 0 Å². The molecule has 0 aliphatic carbocycles. The van der Waals surface area contributed by atoms with Gasteiger partial charge < -0.3 is 25.4 Å². The fourth-order valence-electron chi connectivity index (χ4n) is 2.88. The molecule has 0 radical (unpaired) electrons. The molecule has 0 bridgehead atoms. The molecule has 1 fully saturated rings. The minimum absolute atomic E-state index is 0.199. The normalized spacial score (nSPS) is 30.9. The zero-order valence-corrected chi connectivity index (χ0v) is 13.3. The van der Waals surface area contributed by atoms with Crippen LogP contribution in [0.1, 0.15) is 25.3 Å². The maximum Gasteiger partial charge on any atom is 0.220 e. The number of carbonyl (C=O) groups is 1. The summed E-state index contributed by atoms with van der Waals surface area (Å²) in [6.07, 6.45) is -2.19. The molecule has 3 unspecified atom stereocenters. The first-order valence-electron chi connectivity index (χ1n) is 8.02. The van der Waals surface area contributed by atoms with Gasteiger partial charge in [-0.3, -0.25) is 4.79 Å². The third-order valence-corrected chi connectivity index (χ3v) is 4.24. The minimum atomic E-state index is -1.22. The van der Waals surface area contributed by atoms with Crippen LogP contribution in [0.25, 0.3) is 0 Å². The average Bonchev–Trinajstić information content (AvgIpc) is 2.58. The molecule has 1 heterocycles. The smallest absolute Gasteiger partial charge is 0.220 e. The number of hydrogen-bond acceptors (Lipinski definition) is 5. The Morgan fingerprint density at radius 2 is 1.87 bits per heavy atom. The summed E-state index contributed by atoms with van der Waals surface area (Å²) in [4.78, 5) is 12.1. The molecule has 2 rings (SSSR count).